The fraction of sp³-hybridized carbons (Fsp3) is 0.600. The second-order valence-electron chi connectivity index (χ2n) is 3.71. The summed E-state index contributed by atoms with van der Waals surface area (Å²) in [6.45, 7) is 0. The molecule has 0 aliphatic heterocycles. The Bertz CT molecular complexity index is 268. The maximum absolute atomic E-state index is 9.49. The van der Waals surface area contributed by atoms with E-state index in [1.807, 2.05) is 0 Å². The molecule has 1 heterocycles. The Labute approximate surface area is 77.6 Å². The van der Waals surface area contributed by atoms with Crippen molar-refractivity contribution in [3.05, 3.63) is 12.1 Å². The minimum atomic E-state index is 0.185. The molecular weight excluding hydrogens is 166 g/mol. The van der Waals surface area contributed by atoms with Gasteiger partial charge in [-0.1, -0.05) is 19.3 Å². The molecule has 1 aliphatic carbocycles. The molecule has 2 N–H and O–H groups in total. The smallest absolute Gasteiger partial charge is 0.194 e. The Hall–Kier alpha value is -1.12. The summed E-state index contributed by atoms with van der Waals surface area (Å²) in [6, 6.07) is 3.39. The molecule has 0 aromatic carbocycles. The second kappa shape index (κ2) is 3.32. The summed E-state index contributed by atoms with van der Waals surface area (Å²) in [4.78, 5) is 0. The molecule has 72 valence electrons. The third-order valence-electron chi connectivity index (χ3n) is 2.81. The van der Waals surface area contributed by atoms with Gasteiger partial charge >= 0.3 is 0 Å². The van der Waals surface area contributed by atoms with E-state index in [2.05, 4.69) is 0 Å². The van der Waals surface area contributed by atoms with E-state index in [1.54, 1.807) is 16.7 Å². The number of hydrogen-bond donors (Lipinski definition) is 2. The average Bonchev–Trinajstić information content (AvgIpc) is 2.48. The zero-order chi connectivity index (χ0) is 9.26. The van der Waals surface area contributed by atoms with E-state index in [4.69, 9.17) is 0 Å². The number of nitrogens with zero attached hydrogens (tertiary/aromatic N) is 1. The molecule has 2 rings (SSSR count). The monoisotopic (exact) mass is 181 g/mol. The number of rotatable bonds is 1. The highest BCUT2D eigenvalue weighted by atomic mass is 16.3. The van der Waals surface area contributed by atoms with Gasteiger partial charge in [0.25, 0.3) is 0 Å². The minimum Gasteiger partial charge on any atom is -0.494 e. The van der Waals surface area contributed by atoms with Crippen LogP contribution in [0.15, 0.2) is 12.1 Å². The summed E-state index contributed by atoms with van der Waals surface area (Å²) >= 11 is 0. The van der Waals surface area contributed by atoms with Crippen LogP contribution in [-0.2, 0) is 0 Å². The molecule has 3 heteroatoms. The van der Waals surface area contributed by atoms with Crippen molar-refractivity contribution in [3.8, 4) is 11.8 Å². The number of hydrogen-bond acceptors (Lipinski definition) is 2. The predicted molar refractivity (Wildman–Crippen MR) is 49.9 cm³/mol. The normalized spacial score (nSPS) is 19.1. The Kier molecular flexibility index (Phi) is 2.17. The minimum absolute atomic E-state index is 0.185. The Morgan fingerprint density at radius 3 is 2.08 bits per heavy atom. The van der Waals surface area contributed by atoms with Crippen LogP contribution in [0.5, 0.6) is 11.8 Å². The van der Waals surface area contributed by atoms with Crippen LogP contribution >= 0.6 is 0 Å². The molecule has 0 unspecified atom stereocenters. The summed E-state index contributed by atoms with van der Waals surface area (Å²) in [5, 5.41) is 19.0. The highest BCUT2D eigenvalue weighted by molar-refractivity contribution is 5.24. The molecule has 3 nitrogen and oxygen atoms in total. The molecule has 1 aromatic rings. The molecule has 1 saturated carbocycles. The van der Waals surface area contributed by atoms with Crippen LogP contribution in [0.3, 0.4) is 0 Å². The molecule has 0 radical (unpaired) electrons. The van der Waals surface area contributed by atoms with E-state index in [0.717, 1.165) is 12.8 Å². The summed E-state index contributed by atoms with van der Waals surface area (Å²) in [7, 11) is 0. The van der Waals surface area contributed by atoms with Crippen molar-refractivity contribution >= 4 is 0 Å². The zero-order valence-corrected chi connectivity index (χ0v) is 7.61. The lowest BCUT2D eigenvalue weighted by atomic mass is 9.95. The Morgan fingerprint density at radius 2 is 1.54 bits per heavy atom. The van der Waals surface area contributed by atoms with Crippen molar-refractivity contribution < 1.29 is 10.2 Å². The van der Waals surface area contributed by atoms with Crippen molar-refractivity contribution in [1.29, 1.82) is 0 Å². The van der Waals surface area contributed by atoms with E-state index in [1.165, 1.54) is 19.3 Å². The van der Waals surface area contributed by atoms with Gasteiger partial charge in [-0.3, -0.25) is 4.57 Å². The first kappa shape index (κ1) is 8.48. The van der Waals surface area contributed by atoms with Gasteiger partial charge in [-0.2, -0.15) is 0 Å². The van der Waals surface area contributed by atoms with Gasteiger partial charge in [0.05, 0.1) is 0 Å². The Morgan fingerprint density at radius 1 is 1.00 bits per heavy atom. The van der Waals surface area contributed by atoms with Crippen molar-refractivity contribution in [2.75, 3.05) is 0 Å². The number of aromatic hydroxyl groups is 2. The van der Waals surface area contributed by atoms with Crippen LogP contribution in [0.25, 0.3) is 0 Å². The van der Waals surface area contributed by atoms with Gasteiger partial charge in [-0.05, 0) is 12.8 Å². The maximum Gasteiger partial charge on any atom is 0.194 e. The molecule has 0 bridgehead atoms. The third-order valence-corrected chi connectivity index (χ3v) is 2.81. The molecule has 1 aliphatic rings. The van der Waals surface area contributed by atoms with Crippen molar-refractivity contribution in [2.45, 2.75) is 38.1 Å². The second-order valence-corrected chi connectivity index (χ2v) is 3.71. The molecular formula is C10H15NO2. The van der Waals surface area contributed by atoms with E-state index >= 15 is 0 Å². The van der Waals surface area contributed by atoms with Gasteiger partial charge in [0.15, 0.2) is 11.8 Å². The van der Waals surface area contributed by atoms with Crippen molar-refractivity contribution in [3.63, 3.8) is 0 Å². The zero-order valence-electron chi connectivity index (χ0n) is 7.61. The van der Waals surface area contributed by atoms with Gasteiger partial charge in [0, 0.05) is 18.2 Å². The summed E-state index contributed by atoms with van der Waals surface area (Å²) in [5.74, 6) is 0.369. The van der Waals surface area contributed by atoms with Crippen LogP contribution in [0.1, 0.15) is 38.1 Å². The average molecular weight is 181 g/mol. The molecule has 13 heavy (non-hydrogen) atoms. The SMILES string of the molecule is Oc1ccc(O)n1C1CCCCC1. The molecule has 0 atom stereocenters. The maximum atomic E-state index is 9.49. The first-order chi connectivity index (χ1) is 6.29. The molecule has 0 saturated heterocycles. The molecule has 0 spiro atoms. The third kappa shape index (κ3) is 1.50. The quantitative estimate of drug-likeness (QED) is 0.698. The van der Waals surface area contributed by atoms with Crippen molar-refractivity contribution in [1.82, 2.24) is 4.57 Å². The van der Waals surface area contributed by atoms with Crippen LogP contribution in [0.2, 0.25) is 0 Å². The van der Waals surface area contributed by atoms with Crippen LogP contribution in [0.4, 0.5) is 0 Å². The molecule has 1 aromatic heterocycles. The fourth-order valence-corrected chi connectivity index (χ4v) is 2.14. The first-order valence-corrected chi connectivity index (χ1v) is 4.88. The summed E-state index contributed by atoms with van der Waals surface area (Å²) in [5.41, 5.74) is 0. The summed E-state index contributed by atoms with van der Waals surface area (Å²) < 4.78 is 1.64. The molecule has 1 fully saturated rings. The molecule has 0 amide bonds. The van der Waals surface area contributed by atoms with E-state index in [9.17, 15) is 10.2 Å². The lowest BCUT2D eigenvalue weighted by molar-refractivity contribution is 0.282. The van der Waals surface area contributed by atoms with Crippen LogP contribution < -0.4 is 0 Å². The van der Waals surface area contributed by atoms with Crippen LogP contribution in [0, 0.1) is 0 Å². The van der Waals surface area contributed by atoms with E-state index in [-0.39, 0.29) is 11.8 Å². The van der Waals surface area contributed by atoms with Crippen molar-refractivity contribution in [2.24, 2.45) is 0 Å². The first-order valence-electron chi connectivity index (χ1n) is 4.88. The van der Waals surface area contributed by atoms with Gasteiger partial charge < -0.3 is 10.2 Å². The predicted octanol–water partition coefficient (Wildman–Crippen LogP) is 2.40. The Balaban J connectivity index is 2.22. The van der Waals surface area contributed by atoms with E-state index in [0.29, 0.717) is 6.04 Å². The lowest BCUT2D eigenvalue weighted by Gasteiger charge is -2.24. The van der Waals surface area contributed by atoms with E-state index < -0.39 is 0 Å². The van der Waals surface area contributed by atoms with Gasteiger partial charge in [0.2, 0.25) is 0 Å². The fourth-order valence-electron chi connectivity index (χ4n) is 2.14. The van der Waals surface area contributed by atoms with Gasteiger partial charge in [0.1, 0.15) is 0 Å². The standard InChI is InChI=1S/C10H15NO2/c12-9-6-7-10(13)11(9)8-4-2-1-3-5-8/h6-8,12-13H,1-5H2. The number of aromatic nitrogens is 1. The topological polar surface area (TPSA) is 45.4 Å². The highest BCUT2D eigenvalue weighted by Crippen LogP contribution is 2.35. The lowest BCUT2D eigenvalue weighted by Crippen LogP contribution is -2.11. The largest absolute Gasteiger partial charge is 0.494 e. The highest BCUT2D eigenvalue weighted by Gasteiger charge is 2.19. The van der Waals surface area contributed by atoms with Gasteiger partial charge in [-0.15, -0.1) is 0 Å². The van der Waals surface area contributed by atoms with Gasteiger partial charge in [-0.25, -0.2) is 0 Å². The van der Waals surface area contributed by atoms with Crippen LogP contribution in [-0.4, -0.2) is 14.8 Å². The summed E-state index contributed by atoms with van der Waals surface area (Å²) in [6.07, 6.45) is 5.80.